The highest BCUT2D eigenvalue weighted by Gasteiger charge is 2.16. The fraction of sp³-hybridized carbons (Fsp3) is 0.214. The van der Waals surface area contributed by atoms with Crippen molar-refractivity contribution < 1.29 is 13.9 Å². The molecule has 0 amide bonds. The van der Waals surface area contributed by atoms with E-state index in [-0.39, 0.29) is 0 Å². The van der Waals surface area contributed by atoms with Crippen molar-refractivity contribution >= 4 is 5.97 Å². The Hall–Kier alpha value is -2.07. The monoisotopic (exact) mass is 245 g/mol. The van der Waals surface area contributed by atoms with Crippen LogP contribution < -0.4 is 5.73 Å². The minimum Gasteiger partial charge on any atom is -0.468 e. The van der Waals surface area contributed by atoms with Crippen LogP contribution in [0.5, 0.6) is 0 Å². The average molecular weight is 245 g/mol. The van der Waals surface area contributed by atoms with Crippen molar-refractivity contribution in [2.75, 3.05) is 7.11 Å². The molecule has 1 atom stereocenters. The molecule has 0 aliphatic carbocycles. The van der Waals surface area contributed by atoms with E-state index >= 15 is 0 Å². The Labute approximate surface area is 105 Å². The number of furan rings is 1. The number of nitrogens with two attached hydrogens (primary N) is 1. The van der Waals surface area contributed by atoms with E-state index in [1.807, 2.05) is 42.5 Å². The number of methoxy groups -OCH3 is 1. The minimum atomic E-state index is -0.690. The van der Waals surface area contributed by atoms with Crippen LogP contribution >= 0.6 is 0 Å². The van der Waals surface area contributed by atoms with Gasteiger partial charge in [-0.1, -0.05) is 30.3 Å². The molecule has 0 saturated carbocycles. The Morgan fingerprint density at radius 2 is 2.00 bits per heavy atom. The summed E-state index contributed by atoms with van der Waals surface area (Å²) < 4.78 is 10.2. The topological polar surface area (TPSA) is 65.5 Å². The predicted molar refractivity (Wildman–Crippen MR) is 67.8 cm³/mol. The van der Waals surface area contributed by atoms with E-state index in [2.05, 4.69) is 4.74 Å². The molecule has 4 nitrogen and oxygen atoms in total. The van der Waals surface area contributed by atoms with Crippen LogP contribution in [0.1, 0.15) is 5.76 Å². The molecule has 0 fully saturated rings. The number of rotatable bonds is 4. The molecule has 0 bridgehead atoms. The van der Waals surface area contributed by atoms with Crippen LogP contribution in [0, 0.1) is 0 Å². The lowest BCUT2D eigenvalue weighted by atomic mass is 10.2. The van der Waals surface area contributed by atoms with Crippen LogP contribution in [0.3, 0.4) is 0 Å². The van der Waals surface area contributed by atoms with Gasteiger partial charge in [0.15, 0.2) is 0 Å². The van der Waals surface area contributed by atoms with Crippen molar-refractivity contribution in [2.45, 2.75) is 12.5 Å². The number of ether oxygens (including phenoxy) is 1. The molecule has 2 aromatic rings. The quantitative estimate of drug-likeness (QED) is 0.836. The summed E-state index contributed by atoms with van der Waals surface area (Å²) in [6.45, 7) is 0. The number of esters is 1. The van der Waals surface area contributed by atoms with E-state index in [1.165, 1.54) is 7.11 Å². The molecule has 1 heterocycles. The summed E-state index contributed by atoms with van der Waals surface area (Å²) in [5.74, 6) is 1.00. The Kier molecular flexibility index (Phi) is 3.79. The van der Waals surface area contributed by atoms with Gasteiger partial charge in [-0.3, -0.25) is 4.79 Å². The summed E-state index contributed by atoms with van der Waals surface area (Å²) >= 11 is 0. The van der Waals surface area contributed by atoms with E-state index in [0.29, 0.717) is 12.2 Å². The lowest BCUT2D eigenvalue weighted by Gasteiger charge is -2.06. The highest BCUT2D eigenvalue weighted by molar-refractivity contribution is 5.75. The largest absolute Gasteiger partial charge is 0.468 e. The third kappa shape index (κ3) is 2.78. The summed E-state index contributed by atoms with van der Waals surface area (Å²) in [6.07, 6.45) is 0.333. The Morgan fingerprint density at radius 1 is 1.28 bits per heavy atom. The molecule has 0 aliphatic rings. The van der Waals surface area contributed by atoms with Gasteiger partial charge in [0.25, 0.3) is 0 Å². The third-order valence-electron chi connectivity index (χ3n) is 2.64. The Morgan fingerprint density at radius 3 is 2.67 bits per heavy atom. The first kappa shape index (κ1) is 12.4. The van der Waals surface area contributed by atoms with Crippen molar-refractivity contribution in [1.29, 1.82) is 0 Å². The molecule has 18 heavy (non-hydrogen) atoms. The van der Waals surface area contributed by atoms with Crippen LogP contribution in [0.4, 0.5) is 0 Å². The molecule has 1 aromatic heterocycles. The normalized spacial score (nSPS) is 12.1. The fourth-order valence-corrected chi connectivity index (χ4v) is 1.70. The van der Waals surface area contributed by atoms with E-state index < -0.39 is 12.0 Å². The van der Waals surface area contributed by atoms with Crippen LogP contribution in [0.15, 0.2) is 46.9 Å². The van der Waals surface area contributed by atoms with Gasteiger partial charge in [0.1, 0.15) is 17.6 Å². The molecule has 0 aliphatic heterocycles. The number of hydrogen-bond acceptors (Lipinski definition) is 4. The van der Waals surface area contributed by atoms with Gasteiger partial charge in [-0.25, -0.2) is 0 Å². The van der Waals surface area contributed by atoms with Crippen LogP contribution in [-0.4, -0.2) is 19.1 Å². The predicted octanol–water partition coefficient (Wildman–Crippen LogP) is 1.99. The SMILES string of the molecule is COC(=O)C(N)Cc1ccc(-c2ccccc2)o1. The molecule has 0 spiro atoms. The van der Waals surface area contributed by atoms with Crippen molar-refractivity contribution in [2.24, 2.45) is 5.73 Å². The zero-order chi connectivity index (χ0) is 13.0. The molecule has 4 heteroatoms. The molecule has 2 rings (SSSR count). The van der Waals surface area contributed by atoms with E-state index in [9.17, 15) is 4.79 Å². The maximum absolute atomic E-state index is 11.2. The molecule has 1 unspecified atom stereocenters. The standard InChI is InChI=1S/C14H15NO3/c1-17-14(16)12(15)9-11-7-8-13(18-11)10-5-3-2-4-6-10/h2-8,12H,9,15H2,1H3. The summed E-state index contributed by atoms with van der Waals surface area (Å²) in [7, 11) is 1.32. The van der Waals surface area contributed by atoms with Gasteiger partial charge in [0.2, 0.25) is 0 Å². The third-order valence-corrected chi connectivity index (χ3v) is 2.64. The molecule has 2 N–H and O–H groups in total. The first-order valence-electron chi connectivity index (χ1n) is 5.68. The first-order valence-corrected chi connectivity index (χ1v) is 5.68. The summed E-state index contributed by atoms with van der Waals surface area (Å²) in [5, 5.41) is 0. The zero-order valence-corrected chi connectivity index (χ0v) is 10.1. The minimum absolute atomic E-state index is 0.333. The van der Waals surface area contributed by atoms with E-state index in [0.717, 1.165) is 11.3 Å². The lowest BCUT2D eigenvalue weighted by molar-refractivity contribution is -0.142. The zero-order valence-electron chi connectivity index (χ0n) is 10.1. The number of benzene rings is 1. The summed E-state index contributed by atoms with van der Waals surface area (Å²) in [4.78, 5) is 11.2. The van der Waals surface area contributed by atoms with Crippen LogP contribution in [0.25, 0.3) is 11.3 Å². The highest BCUT2D eigenvalue weighted by Crippen LogP contribution is 2.22. The summed E-state index contributed by atoms with van der Waals surface area (Å²) in [5.41, 5.74) is 6.67. The molecule has 0 radical (unpaired) electrons. The molecular formula is C14H15NO3. The van der Waals surface area contributed by atoms with Crippen molar-refractivity contribution in [1.82, 2.24) is 0 Å². The maximum Gasteiger partial charge on any atom is 0.323 e. The van der Waals surface area contributed by atoms with Gasteiger partial charge in [-0.15, -0.1) is 0 Å². The van der Waals surface area contributed by atoms with Gasteiger partial charge in [-0.05, 0) is 12.1 Å². The van der Waals surface area contributed by atoms with Crippen molar-refractivity contribution in [3.8, 4) is 11.3 Å². The molecule has 1 aromatic carbocycles. The second kappa shape index (κ2) is 5.51. The van der Waals surface area contributed by atoms with Crippen molar-refractivity contribution in [3.63, 3.8) is 0 Å². The number of carbonyl (C=O) groups is 1. The lowest BCUT2D eigenvalue weighted by Crippen LogP contribution is -2.33. The van der Waals surface area contributed by atoms with Gasteiger partial charge in [0.05, 0.1) is 7.11 Å². The maximum atomic E-state index is 11.2. The second-order valence-electron chi connectivity index (χ2n) is 3.97. The van der Waals surface area contributed by atoms with Gasteiger partial charge < -0.3 is 14.9 Å². The first-order chi connectivity index (χ1) is 8.70. The van der Waals surface area contributed by atoms with Gasteiger partial charge in [-0.2, -0.15) is 0 Å². The van der Waals surface area contributed by atoms with Crippen LogP contribution in [0.2, 0.25) is 0 Å². The average Bonchev–Trinajstić information content (AvgIpc) is 2.87. The Bertz CT molecular complexity index is 519. The Balaban J connectivity index is 2.09. The van der Waals surface area contributed by atoms with Crippen molar-refractivity contribution in [3.05, 3.63) is 48.2 Å². The fourth-order valence-electron chi connectivity index (χ4n) is 1.70. The number of carbonyl (C=O) groups excluding carboxylic acids is 1. The molecule has 0 saturated heterocycles. The van der Waals surface area contributed by atoms with Gasteiger partial charge in [0, 0.05) is 12.0 Å². The smallest absolute Gasteiger partial charge is 0.323 e. The second-order valence-corrected chi connectivity index (χ2v) is 3.97. The summed E-state index contributed by atoms with van der Waals surface area (Å²) in [6, 6.07) is 12.8. The molecular weight excluding hydrogens is 230 g/mol. The van der Waals surface area contributed by atoms with Gasteiger partial charge >= 0.3 is 5.97 Å². The molecule has 94 valence electrons. The van der Waals surface area contributed by atoms with Crippen LogP contribution in [-0.2, 0) is 16.0 Å². The van der Waals surface area contributed by atoms with E-state index in [1.54, 1.807) is 0 Å². The highest BCUT2D eigenvalue weighted by atomic mass is 16.5. The van der Waals surface area contributed by atoms with E-state index in [4.69, 9.17) is 10.2 Å². The number of hydrogen-bond donors (Lipinski definition) is 1.